The van der Waals surface area contributed by atoms with Crippen LogP contribution in [0.5, 0.6) is 17.4 Å². The fourth-order valence-corrected chi connectivity index (χ4v) is 4.01. The number of amides is 1. The molecule has 1 N–H and O–H groups in total. The maximum absolute atomic E-state index is 14.0. The molecule has 4 rings (SSSR count). The van der Waals surface area contributed by atoms with Gasteiger partial charge in [0.15, 0.2) is 11.5 Å². The Labute approximate surface area is 235 Å². The van der Waals surface area contributed by atoms with Gasteiger partial charge in [-0.2, -0.15) is 22.5 Å². The minimum atomic E-state index is -4.94. The van der Waals surface area contributed by atoms with Crippen molar-refractivity contribution in [3.63, 3.8) is 0 Å². The number of ether oxygens (including phenoxy) is 2. The highest BCUT2D eigenvalue weighted by molar-refractivity contribution is 7.94. The second-order valence-electron chi connectivity index (χ2n) is 8.03. The maximum Gasteiger partial charge on any atom is 0.451 e. The van der Waals surface area contributed by atoms with Crippen molar-refractivity contribution in [2.75, 3.05) is 21.3 Å². The lowest BCUT2D eigenvalue weighted by Gasteiger charge is -2.18. The van der Waals surface area contributed by atoms with Crippen LogP contribution < -0.4 is 15.0 Å². The van der Waals surface area contributed by atoms with Gasteiger partial charge in [0.25, 0.3) is 5.91 Å². The van der Waals surface area contributed by atoms with Crippen LogP contribution in [0.4, 0.5) is 17.6 Å². The SMILES string of the molecule is CONC(=O)c1ccc(Oc2nc(C(F)(F)F)nc(-c3ccc(SOOC)cc3)c2-c2ccc(F)cc2)c(OC)c1. The van der Waals surface area contributed by atoms with Crippen LogP contribution in [0.1, 0.15) is 16.2 Å². The number of benzene rings is 3. The first-order valence-electron chi connectivity index (χ1n) is 11.6. The zero-order chi connectivity index (χ0) is 29.6. The van der Waals surface area contributed by atoms with Crippen LogP contribution in [0.25, 0.3) is 22.4 Å². The minimum absolute atomic E-state index is 0.0204. The number of hydrogen-bond donors (Lipinski definition) is 1. The molecule has 1 heterocycles. The molecule has 0 unspecified atom stereocenters. The van der Waals surface area contributed by atoms with Gasteiger partial charge >= 0.3 is 6.18 Å². The average Bonchev–Trinajstić information content (AvgIpc) is 2.96. The molecule has 214 valence electrons. The molecule has 0 aliphatic carbocycles. The number of carbonyl (C=O) groups is 1. The summed E-state index contributed by atoms with van der Waals surface area (Å²) in [5.41, 5.74) is 2.76. The van der Waals surface area contributed by atoms with E-state index in [1.807, 2.05) is 0 Å². The molecule has 9 nitrogen and oxygen atoms in total. The lowest BCUT2D eigenvalue weighted by molar-refractivity contribution is -0.160. The molecule has 0 aliphatic rings. The van der Waals surface area contributed by atoms with E-state index >= 15 is 0 Å². The van der Waals surface area contributed by atoms with Crippen LogP contribution >= 0.6 is 12.0 Å². The van der Waals surface area contributed by atoms with Crippen molar-refractivity contribution < 1.29 is 45.9 Å². The number of nitrogens with one attached hydrogen (secondary N) is 1. The zero-order valence-electron chi connectivity index (χ0n) is 21.6. The molecule has 0 spiro atoms. The Bertz CT molecular complexity index is 1520. The fourth-order valence-electron chi connectivity index (χ4n) is 3.62. The maximum atomic E-state index is 14.0. The topological polar surface area (TPSA) is 101 Å². The van der Waals surface area contributed by atoms with Crippen LogP contribution in [0.3, 0.4) is 0 Å². The molecule has 0 fully saturated rings. The van der Waals surface area contributed by atoms with E-state index in [-0.39, 0.29) is 39.4 Å². The second kappa shape index (κ2) is 13.0. The predicted molar refractivity (Wildman–Crippen MR) is 139 cm³/mol. The van der Waals surface area contributed by atoms with E-state index in [4.69, 9.17) is 13.8 Å². The Kier molecular flexibility index (Phi) is 9.39. The quantitative estimate of drug-likeness (QED) is 0.0941. The third kappa shape index (κ3) is 7.10. The lowest BCUT2D eigenvalue weighted by Crippen LogP contribution is -2.21. The fraction of sp³-hybridized carbons (Fsp3) is 0.148. The molecule has 0 radical (unpaired) electrons. The van der Waals surface area contributed by atoms with Crippen LogP contribution in [0.15, 0.2) is 71.6 Å². The number of hydroxylamine groups is 1. The van der Waals surface area contributed by atoms with Gasteiger partial charge in [-0.25, -0.2) is 19.7 Å². The molecule has 4 aromatic rings. The highest BCUT2D eigenvalue weighted by Crippen LogP contribution is 2.43. The van der Waals surface area contributed by atoms with E-state index in [0.717, 1.165) is 24.2 Å². The summed E-state index contributed by atoms with van der Waals surface area (Å²) in [6.45, 7) is 0. The van der Waals surface area contributed by atoms with Crippen LogP contribution in [-0.2, 0) is 20.2 Å². The highest BCUT2D eigenvalue weighted by atomic mass is 32.2. The Hall–Kier alpha value is -4.24. The largest absolute Gasteiger partial charge is 0.493 e. The molecule has 1 amide bonds. The van der Waals surface area contributed by atoms with Crippen molar-refractivity contribution >= 4 is 17.9 Å². The van der Waals surface area contributed by atoms with Gasteiger partial charge in [0.1, 0.15) is 5.82 Å². The minimum Gasteiger partial charge on any atom is -0.493 e. The van der Waals surface area contributed by atoms with Crippen LogP contribution in [0, 0.1) is 5.82 Å². The molecule has 14 heteroatoms. The van der Waals surface area contributed by atoms with Crippen molar-refractivity contribution in [2.45, 2.75) is 11.1 Å². The second-order valence-corrected chi connectivity index (χ2v) is 8.80. The molecular formula is C27H21F4N3O6S. The van der Waals surface area contributed by atoms with Crippen molar-refractivity contribution in [3.05, 3.63) is 83.9 Å². The first kappa shape index (κ1) is 29.7. The van der Waals surface area contributed by atoms with Crippen molar-refractivity contribution in [1.29, 1.82) is 0 Å². The van der Waals surface area contributed by atoms with Gasteiger partial charge in [0, 0.05) is 16.0 Å². The standard InChI is InChI=1S/C27H21F4N3O6S/c1-36-21-14-17(24(35)34-37-2)8-13-20(21)39-25-22(15-4-9-18(28)10-5-15)23(32-26(33-25)27(29,30)31)16-6-11-19(12-7-16)41-40-38-3/h4-14H,1-3H3,(H,34,35). The van der Waals surface area contributed by atoms with E-state index < -0.39 is 29.6 Å². The highest BCUT2D eigenvalue weighted by Gasteiger charge is 2.37. The monoisotopic (exact) mass is 591 g/mol. The summed E-state index contributed by atoms with van der Waals surface area (Å²) in [5.74, 6) is -3.13. The summed E-state index contributed by atoms with van der Waals surface area (Å²) in [6.07, 6.45) is -4.94. The number of hydrogen-bond acceptors (Lipinski definition) is 9. The summed E-state index contributed by atoms with van der Waals surface area (Å²) < 4.78 is 71.9. The number of rotatable bonds is 10. The summed E-state index contributed by atoms with van der Waals surface area (Å²) in [7, 11) is 3.88. The van der Waals surface area contributed by atoms with Gasteiger partial charge in [0.05, 0.1) is 44.6 Å². The zero-order valence-corrected chi connectivity index (χ0v) is 22.4. The predicted octanol–water partition coefficient (Wildman–Crippen LogP) is 6.65. The van der Waals surface area contributed by atoms with Crippen molar-refractivity contribution in [2.24, 2.45) is 0 Å². The Morgan fingerprint density at radius 3 is 2.17 bits per heavy atom. The van der Waals surface area contributed by atoms with E-state index in [1.54, 1.807) is 12.1 Å². The number of halogens is 4. The summed E-state index contributed by atoms with van der Waals surface area (Å²) in [4.78, 5) is 29.5. The Balaban J connectivity index is 1.92. The molecule has 0 saturated heterocycles. The molecule has 1 aromatic heterocycles. The van der Waals surface area contributed by atoms with Crippen molar-refractivity contribution in [1.82, 2.24) is 15.4 Å². The van der Waals surface area contributed by atoms with E-state index in [0.29, 0.717) is 4.90 Å². The van der Waals surface area contributed by atoms with Crippen LogP contribution in [-0.4, -0.2) is 37.2 Å². The summed E-state index contributed by atoms with van der Waals surface area (Å²) >= 11 is 0.898. The molecular weight excluding hydrogens is 570 g/mol. The number of alkyl halides is 3. The first-order valence-corrected chi connectivity index (χ1v) is 12.3. The molecule has 0 saturated carbocycles. The average molecular weight is 592 g/mol. The Morgan fingerprint density at radius 2 is 1.56 bits per heavy atom. The third-order valence-electron chi connectivity index (χ3n) is 5.42. The van der Waals surface area contributed by atoms with Gasteiger partial charge in [-0.05, 0) is 48.0 Å². The summed E-state index contributed by atoms with van der Waals surface area (Å²) in [6, 6.07) is 15.3. The number of methoxy groups -OCH3 is 1. The van der Waals surface area contributed by atoms with E-state index in [2.05, 4.69) is 25.2 Å². The van der Waals surface area contributed by atoms with Gasteiger partial charge in [-0.3, -0.25) is 9.63 Å². The number of aromatic nitrogens is 2. The number of carbonyl (C=O) groups excluding carboxylic acids is 1. The normalized spacial score (nSPS) is 11.3. The van der Waals surface area contributed by atoms with Gasteiger partial charge in [-0.15, -0.1) is 0 Å². The Morgan fingerprint density at radius 1 is 0.878 bits per heavy atom. The van der Waals surface area contributed by atoms with Gasteiger partial charge < -0.3 is 9.47 Å². The van der Waals surface area contributed by atoms with E-state index in [1.165, 1.54) is 63.8 Å². The molecule has 0 atom stereocenters. The van der Waals surface area contributed by atoms with Crippen molar-refractivity contribution in [3.8, 4) is 39.8 Å². The van der Waals surface area contributed by atoms with Gasteiger partial charge in [0.2, 0.25) is 11.7 Å². The van der Waals surface area contributed by atoms with Crippen LogP contribution in [0.2, 0.25) is 0 Å². The third-order valence-corrected chi connectivity index (χ3v) is 6.08. The van der Waals surface area contributed by atoms with Gasteiger partial charge in [-0.1, -0.05) is 24.3 Å². The molecule has 41 heavy (non-hydrogen) atoms. The smallest absolute Gasteiger partial charge is 0.451 e. The molecule has 0 aliphatic heterocycles. The number of nitrogens with zero attached hydrogens (tertiary/aromatic N) is 2. The first-order chi connectivity index (χ1) is 19.6. The lowest BCUT2D eigenvalue weighted by atomic mass is 10.00. The van der Waals surface area contributed by atoms with E-state index in [9.17, 15) is 22.4 Å². The summed E-state index contributed by atoms with van der Waals surface area (Å²) in [5, 5.41) is 0. The molecule has 3 aromatic carbocycles. The molecule has 0 bridgehead atoms.